The van der Waals surface area contributed by atoms with E-state index in [0.29, 0.717) is 19.3 Å². The summed E-state index contributed by atoms with van der Waals surface area (Å²) in [6, 6.07) is 12.3. The number of ketones is 1. The molecule has 0 bridgehead atoms. The molecule has 0 radical (unpaired) electrons. The van der Waals surface area contributed by atoms with Gasteiger partial charge >= 0.3 is 0 Å². The summed E-state index contributed by atoms with van der Waals surface area (Å²) in [6.45, 7) is 0. The molecule has 4 heteroatoms. The number of hydrogen-bond acceptors (Lipinski definition) is 3. The average Bonchev–Trinajstić information content (AvgIpc) is 2.80. The summed E-state index contributed by atoms with van der Waals surface area (Å²) >= 11 is 0. The van der Waals surface area contributed by atoms with E-state index in [1.807, 2.05) is 18.2 Å². The lowest BCUT2D eigenvalue weighted by Crippen LogP contribution is -2.06. The van der Waals surface area contributed by atoms with Crippen molar-refractivity contribution in [3.8, 4) is 5.75 Å². The van der Waals surface area contributed by atoms with E-state index in [9.17, 15) is 14.7 Å². The van der Waals surface area contributed by atoms with Crippen LogP contribution in [-0.2, 0) is 28.9 Å². The number of hydrogen-bond donors (Lipinski definition) is 2. The Labute approximate surface area is 122 Å². The van der Waals surface area contributed by atoms with Crippen LogP contribution in [0.2, 0.25) is 0 Å². The van der Waals surface area contributed by atoms with Gasteiger partial charge in [-0.25, -0.2) is 0 Å². The molecule has 0 aliphatic carbocycles. The van der Waals surface area contributed by atoms with Crippen molar-refractivity contribution in [2.24, 2.45) is 0 Å². The lowest BCUT2D eigenvalue weighted by atomic mass is 10.0. The fourth-order valence-electron chi connectivity index (χ4n) is 2.52. The Kier molecular flexibility index (Phi) is 3.44. The molecule has 1 aliphatic heterocycles. The molecule has 4 nitrogen and oxygen atoms in total. The molecule has 21 heavy (non-hydrogen) atoms. The summed E-state index contributed by atoms with van der Waals surface area (Å²) in [5.74, 6) is 0.303. The van der Waals surface area contributed by atoms with Crippen LogP contribution >= 0.6 is 0 Å². The zero-order valence-corrected chi connectivity index (χ0v) is 11.4. The molecule has 0 spiro atoms. The lowest BCUT2D eigenvalue weighted by Gasteiger charge is -2.05. The third-order valence-electron chi connectivity index (χ3n) is 3.53. The highest BCUT2D eigenvalue weighted by molar-refractivity contribution is 5.99. The molecule has 106 valence electrons. The molecule has 1 aliphatic rings. The molecule has 0 saturated carbocycles. The predicted molar refractivity (Wildman–Crippen MR) is 79.3 cm³/mol. The maximum Gasteiger partial charge on any atom is 0.228 e. The molecular formula is C17H15NO3. The number of carbonyl (C=O) groups excluding carboxylic acids is 2. The normalized spacial score (nSPS) is 12.9. The number of aromatic hydroxyl groups is 1. The smallest absolute Gasteiger partial charge is 0.228 e. The van der Waals surface area contributed by atoms with Crippen molar-refractivity contribution in [1.29, 1.82) is 0 Å². The number of phenols is 1. The molecule has 2 aromatic carbocycles. The molecule has 2 aromatic rings. The zero-order valence-electron chi connectivity index (χ0n) is 11.4. The predicted octanol–water partition coefficient (Wildman–Crippen LogP) is 2.24. The summed E-state index contributed by atoms with van der Waals surface area (Å²) in [5.41, 5.74) is 3.61. The first-order valence-corrected chi connectivity index (χ1v) is 6.81. The van der Waals surface area contributed by atoms with Crippen LogP contribution in [0.1, 0.15) is 16.7 Å². The minimum absolute atomic E-state index is 0.00225. The molecule has 0 saturated heterocycles. The maximum atomic E-state index is 12.1. The minimum atomic E-state index is -0.00225. The molecule has 1 heterocycles. The van der Waals surface area contributed by atoms with E-state index in [-0.39, 0.29) is 17.4 Å². The second-order valence-corrected chi connectivity index (χ2v) is 5.28. The third kappa shape index (κ3) is 3.11. The third-order valence-corrected chi connectivity index (χ3v) is 3.53. The SMILES string of the molecule is O=C(Cc1ccc(O)cc1)Cc1ccc2c(c1)CC(=O)N2. The zero-order chi connectivity index (χ0) is 14.8. The van der Waals surface area contributed by atoms with Gasteiger partial charge in [-0.1, -0.05) is 24.3 Å². The van der Waals surface area contributed by atoms with Crippen LogP contribution in [0.5, 0.6) is 5.75 Å². The number of fused-ring (bicyclic) bond motifs is 1. The molecule has 0 aromatic heterocycles. The molecule has 0 unspecified atom stereocenters. The number of anilines is 1. The van der Waals surface area contributed by atoms with Crippen LogP contribution < -0.4 is 5.32 Å². The van der Waals surface area contributed by atoms with Crippen molar-refractivity contribution in [1.82, 2.24) is 0 Å². The van der Waals surface area contributed by atoms with Gasteiger partial charge in [0.25, 0.3) is 0 Å². The number of benzene rings is 2. The number of rotatable bonds is 4. The van der Waals surface area contributed by atoms with Gasteiger partial charge in [-0.05, 0) is 34.9 Å². The van der Waals surface area contributed by atoms with Gasteiger partial charge < -0.3 is 10.4 Å². The second-order valence-electron chi connectivity index (χ2n) is 5.28. The van der Waals surface area contributed by atoms with Gasteiger partial charge in [0.05, 0.1) is 6.42 Å². The quantitative estimate of drug-likeness (QED) is 0.903. The van der Waals surface area contributed by atoms with Gasteiger partial charge in [0.1, 0.15) is 11.5 Å². The van der Waals surface area contributed by atoms with E-state index in [2.05, 4.69) is 5.32 Å². The van der Waals surface area contributed by atoms with E-state index in [1.54, 1.807) is 24.3 Å². The van der Waals surface area contributed by atoms with Gasteiger partial charge in [0, 0.05) is 18.5 Å². The Bertz CT molecular complexity index is 704. The van der Waals surface area contributed by atoms with Crippen molar-refractivity contribution in [3.63, 3.8) is 0 Å². The van der Waals surface area contributed by atoms with Crippen LogP contribution in [0.15, 0.2) is 42.5 Å². The number of nitrogens with one attached hydrogen (secondary N) is 1. The Morgan fingerprint density at radius 2 is 1.71 bits per heavy atom. The lowest BCUT2D eigenvalue weighted by molar-refractivity contribution is -0.118. The van der Waals surface area contributed by atoms with Crippen LogP contribution in [0.25, 0.3) is 0 Å². The standard InChI is InChI=1S/C17H15NO3/c19-14-4-1-11(2-5-14)8-15(20)9-12-3-6-16-13(7-12)10-17(21)18-16/h1-7,19H,8-10H2,(H,18,21). The fourth-order valence-corrected chi connectivity index (χ4v) is 2.52. The molecular weight excluding hydrogens is 266 g/mol. The van der Waals surface area contributed by atoms with Crippen molar-refractivity contribution < 1.29 is 14.7 Å². The number of amides is 1. The summed E-state index contributed by atoms with van der Waals surface area (Å²) in [4.78, 5) is 23.4. The number of Topliss-reactive ketones (excluding diaryl/α,β-unsaturated/α-hetero) is 1. The van der Waals surface area contributed by atoms with Crippen LogP contribution in [0, 0.1) is 0 Å². The van der Waals surface area contributed by atoms with Crippen molar-refractivity contribution in [2.45, 2.75) is 19.3 Å². The average molecular weight is 281 g/mol. The van der Waals surface area contributed by atoms with Crippen LogP contribution in [0.3, 0.4) is 0 Å². The first-order chi connectivity index (χ1) is 10.1. The van der Waals surface area contributed by atoms with E-state index < -0.39 is 0 Å². The van der Waals surface area contributed by atoms with Gasteiger partial charge in [0.15, 0.2) is 0 Å². The number of phenolic OH excluding ortho intramolecular Hbond substituents is 1. The minimum Gasteiger partial charge on any atom is -0.508 e. The van der Waals surface area contributed by atoms with E-state index >= 15 is 0 Å². The van der Waals surface area contributed by atoms with Gasteiger partial charge in [-0.15, -0.1) is 0 Å². The molecule has 2 N–H and O–H groups in total. The first-order valence-electron chi connectivity index (χ1n) is 6.81. The summed E-state index contributed by atoms with van der Waals surface area (Å²) in [6.07, 6.45) is 1.08. The highest BCUT2D eigenvalue weighted by Gasteiger charge is 2.18. The molecule has 0 fully saturated rings. The Morgan fingerprint density at radius 1 is 1.05 bits per heavy atom. The van der Waals surface area contributed by atoms with Gasteiger partial charge in [-0.2, -0.15) is 0 Å². The summed E-state index contributed by atoms with van der Waals surface area (Å²) in [7, 11) is 0. The van der Waals surface area contributed by atoms with Crippen molar-refractivity contribution in [2.75, 3.05) is 5.32 Å². The van der Waals surface area contributed by atoms with Crippen molar-refractivity contribution >= 4 is 17.4 Å². The summed E-state index contributed by atoms with van der Waals surface area (Å²) < 4.78 is 0. The Morgan fingerprint density at radius 3 is 2.48 bits per heavy atom. The Hall–Kier alpha value is -2.62. The number of carbonyl (C=O) groups is 2. The fraction of sp³-hybridized carbons (Fsp3) is 0.176. The topological polar surface area (TPSA) is 66.4 Å². The largest absolute Gasteiger partial charge is 0.508 e. The van der Waals surface area contributed by atoms with Crippen LogP contribution in [-0.4, -0.2) is 16.8 Å². The van der Waals surface area contributed by atoms with Gasteiger partial charge in [-0.3, -0.25) is 9.59 Å². The monoisotopic (exact) mass is 281 g/mol. The van der Waals surface area contributed by atoms with Crippen LogP contribution in [0.4, 0.5) is 5.69 Å². The summed E-state index contributed by atoms with van der Waals surface area (Å²) in [5, 5.41) is 12.0. The second kappa shape index (κ2) is 5.40. The van der Waals surface area contributed by atoms with E-state index in [0.717, 1.165) is 22.4 Å². The highest BCUT2D eigenvalue weighted by Crippen LogP contribution is 2.24. The first kappa shape index (κ1) is 13.4. The van der Waals surface area contributed by atoms with E-state index in [4.69, 9.17) is 0 Å². The van der Waals surface area contributed by atoms with Gasteiger partial charge in [0.2, 0.25) is 5.91 Å². The molecule has 1 amide bonds. The Balaban J connectivity index is 1.66. The van der Waals surface area contributed by atoms with Crippen molar-refractivity contribution in [3.05, 3.63) is 59.2 Å². The highest BCUT2D eigenvalue weighted by atomic mass is 16.3. The van der Waals surface area contributed by atoms with E-state index in [1.165, 1.54) is 0 Å². The molecule has 3 rings (SSSR count). The molecule has 0 atom stereocenters. The maximum absolute atomic E-state index is 12.1.